The standard InChI is InChI=1S/C24H18N6O3.C2H6.2H2/c31-23(30-24-27-12-20(33-24)15-2-1-8-25-11-15)29-16-5-3-14(4-6-16)18-10-19(18)17-7-9-26-22-21(17)28-13-32-22;1-2;;/h1-9,12-13,25H,10-11H2,(H2,27,29,30,31);1-2H3;2*1H. The highest BCUT2D eigenvalue weighted by Gasteiger charge is 2.27. The van der Waals surface area contributed by atoms with E-state index >= 15 is 0 Å². The number of dihydropyridines is 1. The third kappa shape index (κ3) is 4.70. The average Bonchev–Trinajstić information content (AvgIpc) is 3.30. The number of nitrogens with one attached hydrogen (secondary N) is 3. The molecule has 0 atom stereocenters. The molecular formula is C26H28N6O3. The molecule has 4 aromatic rings. The molecule has 1 aromatic carbocycles. The zero-order valence-corrected chi connectivity index (χ0v) is 19.3. The maximum absolute atomic E-state index is 12.3. The van der Waals surface area contributed by atoms with Gasteiger partial charge in [-0.25, -0.2) is 19.7 Å². The number of nitrogens with zero attached hydrogens (tertiary/aromatic N) is 3. The number of pyridine rings is 1. The minimum absolute atomic E-state index is 0. The van der Waals surface area contributed by atoms with Crippen molar-refractivity contribution in [3.63, 3.8) is 0 Å². The summed E-state index contributed by atoms with van der Waals surface area (Å²) >= 11 is 0. The van der Waals surface area contributed by atoms with Crippen molar-refractivity contribution in [1.82, 2.24) is 20.3 Å². The highest BCUT2D eigenvalue weighted by Crippen LogP contribution is 2.48. The normalized spacial score (nSPS) is 14.1. The molecule has 2 aliphatic rings. The lowest BCUT2D eigenvalue weighted by molar-refractivity contribution is 0.261. The first-order valence-corrected chi connectivity index (χ1v) is 11.4. The number of aromatic nitrogens is 3. The fourth-order valence-electron chi connectivity index (χ4n) is 3.81. The number of anilines is 2. The lowest BCUT2D eigenvalue weighted by atomic mass is 10.1. The van der Waals surface area contributed by atoms with E-state index in [0.29, 0.717) is 23.7 Å². The molecule has 9 heteroatoms. The Morgan fingerprint density at radius 1 is 1.06 bits per heavy atom. The molecule has 6 rings (SSSR count). The van der Waals surface area contributed by atoms with E-state index in [1.54, 1.807) is 12.4 Å². The minimum Gasteiger partial charge on any atom is -0.425 e. The van der Waals surface area contributed by atoms with E-state index in [1.165, 1.54) is 17.5 Å². The first kappa shape index (κ1) is 22.1. The molecule has 35 heavy (non-hydrogen) atoms. The Bertz CT molecular complexity index is 1470. The van der Waals surface area contributed by atoms with Crippen LogP contribution in [0.4, 0.5) is 16.5 Å². The van der Waals surface area contributed by atoms with E-state index in [9.17, 15) is 4.79 Å². The lowest BCUT2D eigenvalue weighted by Crippen LogP contribution is -2.19. The number of benzene rings is 1. The quantitative estimate of drug-likeness (QED) is 0.317. The SMILES string of the molecule is CC.O=C(Nc1ccc(C2=C(c3ccnc4ocnc34)C2)cc1)Nc1ncc(C2=CC=CNC2)o1.[HH].[HH]. The fourth-order valence-corrected chi connectivity index (χ4v) is 3.81. The topological polar surface area (TPSA) is 118 Å². The van der Waals surface area contributed by atoms with Crippen molar-refractivity contribution >= 4 is 45.7 Å². The number of amides is 2. The maximum atomic E-state index is 12.3. The summed E-state index contributed by atoms with van der Waals surface area (Å²) in [6.45, 7) is 4.65. The number of carbonyl (C=O) groups excluding carboxylic acids is 1. The van der Waals surface area contributed by atoms with Gasteiger partial charge in [-0.3, -0.25) is 5.32 Å². The van der Waals surface area contributed by atoms with Crippen molar-refractivity contribution in [2.45, 2.75) is 20.3 Å². The van der Waals surface area contributed by atoms with E-state index in [1.807, 2.05) is 62.5 Å². The Labute approximate surface area is 204 Å². The number of hydrogen-bond donors (Lipinski definition) is 3. The maximum Gasteiger partial charge on any atom is 0.327 e. The molecule has 1 aliphatic carbocycles. The van der Waals surface area contributed by atoms with Crippen LogP contribution in [0.15, 0.2) is 76.3 Å². The molecular weight excluding hydrogens is 444 g/mol. The predicted molar refractivity (Wildman–Crippen MR) is 140 cm³/mol. The second-order valence-electron chi connectivity index (χ2n) is 7.62. The first-order valence-electron chi connectivity index (χ1n) is 11.4. The molecule has 180 valence electrons. The lowest BCUT2D eigenvalue weighted by Gasteiger charge is -2.07. The summed E-state index contributed by atoms with van der Waals surface area (Å²) in [5, 5.41) is 8.51. The van der Waals surface area contributed by atoms with Crippen LogP contribution in [0.2, 0.25) is 0 Å². The van der Waals surface area contributed by atoms with E-state index in [0.717, 1.165) is 28.6 Å². The van der Waals surface area contributed by atoms with E-state index in [-0.39, 0.29) is 8.87 Å². The van der Waals surface area contributed by atoms with Gasteiger partial charge >= 0.3 is 12.0 Å². The van der Waals surface area contributed by atoms with E-state index in [4.69, 9.17) is 8.83 Å². The number of rotatable bonds is 5. The van der Waals surface area contributed by atoms with Crippen LogP contribution in [0.25, 0.3) is 27.9 Å². The molecule has 2 amide bonds. The average molecular weight is 473 g/mol. The van der Waals surface area contributed by atoms with Gasteiger partial charge in [-0.05, 0) is 53.6 Å². The third-order valence-electron chi connectivity index (χ3n) is 5.49. The Hall–Kier alpha value is -4.66. The number of hydrogen-bond acceptors (Lipinski definition) is 7. The van der Waals surface area contributed by atoms with Gasteiger partial charge in [0.25, 0.3) is 0 Å². The Kier molecular flexibility index (Phi) is 6.13. The van der Waals surface area contributed by atoms with Crippen molar-refractivity contribution in [1.29, 1.82) is 0 Å². The molecule has 1 aliphatic heterocycles. The van der Waals surface area contributed by atoms with Gasteiger partial charge < -0.3 is 19.5 Å². The van der Waals surface area contributed by atoms with Crippen molar-refractivity contribution < 1.29 is 16.5 Å². The second-order valence-corrected chi connectivity index (χ2v) is 7.62. The second kappa shape index (κ2) is 9.68. The smallest absolute Gasteiger partial charge is 0.327 e. The summed E-state index contributed by atoms with van der Waals surface area (Å²) in [5.41, 5.74) is 7.57. The zero-order valence-electron chi connectivity index (χ0n) is 19.3. The molecule has 0 radical (unpaired) electrons. The van der Waals surface area contributed by atoms with Gasteiger partial charge in [0, 0.05) is 32.4 Å². The van der Waals surface area contributed by atoms with Crippen LogP contribution in [0, 0.1) is 0 Å². The summed E-state index contributed by atoms with van der Waals surface area (Å²) in [6.07, 6.45) is 11.3. The highest BCUT2D eigenvalue weighted by molar-refractivity contribution is 6.11. The van der Waals surface area contributed by atoms with Gasteiger partial charge in [0.2, 0.25) is 5.71 Å². The Balaban J connectivity index is 0.000000929. The molecule has 4 heterocycles. The molecule has 0 bridgehead atoms. The number of oxazole rings is 2. The van der Waals surface area contributed by atoms with Gasteiger partial charge in [-0.2, -0.15) is 0 Å². The summed E-state index contributed by atoms with van der Waals surface area (Å²) < 4.78 is 10.9. The van der Waals surface area contributed by atoms with Gasteiger partial charge in [0.15, 0.2) is 12.2 Å². The number of carbonyl (C=O) groups is 1. The molecule has 0 fully saturated rings. The van der Waals surface area contributed by atoms with Gasteiger partial charge in [-0.15, -0.1) is 0 Å². The summed E-state index contributed by atoms with van der Waals surface area (Å²) in [5.74, 6) is 0.608. The molecule has 0 spiro atoms. The molecule has 0 unspecified atom stereocenters. The largest absolute Gasteiger partial charge is 0.425 e. The third-order valence-corrected chi connectivity index (χ3v) is 5.49. The molecule has 9 nitrogen and oxygen atoms in total. The Morgan fingerprint density at radius 3 is 2.71 bits per heavy atom. The van der Waals surface area contributed by atoms with Gasteiger partial charge in [0.05, 0.1) is 6.20 Å². The van der Waals surface area contributed by atoms with Gasteiger partial charge in [-0.1, -0.05) is 32.1 Å². The zero-order chi connectivity index (χ0) is 24.2. The van der Waals surface area contributed by atoms with Crippen LogP contribution in [0.5, 0.6) is 0 Å². The van der Waals surface area contributed by atoms with Crippen molar-refractivity contribution in [3.8, 4) is 0 Å². The fraction of sp³-hybridized carbons (Fsp3) is 0.154. The number of allylic oxidation sites excluding steroid dienone is 4. The van der Waals surface area contributed by atoms with Crippen LogP contribution in [-0.4, -0.2) is 27.5 Å². The number of urea groups is 1. The van der Waals surface area contributed by atoms with Crippen molar-refractivity contribution in [3.05, 3.63) is 84.4 Å². The Morgan fingerprint density at radius 2 is 1.91 bits per heavy atom. The molecule has 3 N–H and O–H groups in total. The molecule has 0 saturated heterocycles. The number of fused-ring (bicyclic) bond motifs is 1. The monoisotopic (exact) mass is 472 g/mol. The highest BCUT2D eigenvalue weighted by atomic mass is 16.4. The first-order chi connectivity index (χ1) is 17.2. The van der Waals surface area contributed by atoms with Crippen LogP contribution < -0.4 is 16.0 Å². The van der Waals surface area contributed by atoms with Gasteiger partial charge in [0.1, 0.15) is 5.52 Å². The summed E-state index contributed by atoms with van der Waals surface area (Å²) in [6, 6.07) is 9.36. The van der Waals surface area contributed by atoms with Crippen LogP contribution >= 0.6 is 0 Å². The van der Waals surface area contributed by atoms with E-state index < -0.39 is 6.03 Å². The van der Waals surface area contributed by atoms with Crippen molar-refractivity contribution in [2.75, 3.05) is 17.2 Å². The van der Waals surface area contributed by atoms with Crippen LogP contribution in [0.3, 0.4) is 0 Å². The minimum atomic E-state index is -0.427. The molecule has 3 aromatic heterocycles. The van der Waals surface area contributed by atoms with Crippen molar-refractivity contribution in [2.24, 2.45) is 0 Å². The van der Waals surface area contributed by atoms with Crippen LogP contribution in [0.1, 0.15) is 40.0 Å². The predicted octanol–water partition coefficient (Wildman–Crippen LogP) is 6.19. The summed E-state index contributed by atoms with van der Waals surface area (Å²) in [7, 11) is 0. The molecule has 0 saturated carbocycles. The summed E-state index contributed by atoms with van der Waals surface area (Å²) in [4.78, 5) is 24.9. The van der Waals surface area contributed by atoms with E-state index in [2.05, 4.69) is 30.9 Å². The van der Waals surface area contributed by atoms with Crippen LogP contribution in [-0.2, 0) is 0 Å².